The first kappa shape index (κ1) is 11.8. The van der Waals surface area contributed by atoms with Gasteiger partial charge in [-0.2, -0.15) is 0 Å². The summed E-state index contributed by atoms with van der Waals surface area (Å²) in [5, 5.41) is 0. The van der Waals surface area contributed by atoms with Gasteiger partial charge in [0.05, 0.1) is 19.9 Å². The summed E-state index contributed by atoms with van der Waals surface area (Å²) in [6.45, 7) is 0.773. The van der Waals surface area contributed by atoms with E-state index in [1.807, 2.05) is 12.1 Å². The Kier molecular flexibility index (Phi) is 3.52. The lowest BCUT2D eigenvalue weighted by atomic mass is 10.1. The van der Waals surface area contributed by atoms with Crippen molar-refractivity contribution in [3.05, 3.63) is 18.2 Å². The lowest BCUT2D eigenvalue weighted by Gasteiger charge is -2.27. The van der Waals surface area contributed by atoms with Crippen LogP contribution in [0.3, 0.4) is 0 Å². The smallest absolute Gasteiger partial charge is 0.226 e. The molecule has 0 aromatic heterocycles. The number of hydrogen-bond donors (Lipinski definition) is 0. The van der Waals surface area contributed by atoms with Crippen LogP contribution in [0.1, 0.15) is 19.3 Å². The number of piperidine rings is 1. The highest BCUT2D eigenvalue weighted by molar-refractivity contribution is 5.94. The van der Waals surface area contributed by atoms with E-state index in [0.717, 1.165) is 25.1 Å². The monoisotopic (exact) mass is 235 g/mol. The van der Waals surface area contributed by atoms with Crippen molar-refractivity contribution in [2.24, 2.45) is 0 Å². The van der Waals surface area contributed by atoms with Crippen molar-refractivity contribution in [1.29, 1.82) is 0 Å². The third-order valence-electron chi connectivity index (χ3n) is 2.97. The molecular formula is C13H17NO3. The molecule has 17 heavy (non-hydrogen) atoms. The number of anilines is 1. The van der Waals surface area contributed by atoms with Gasteiger partial charge in [-0.1, -0.05) is 0 Å². The first-order valence-electron chi connectivity index (χ1n) is 5.78. The van der Waals surface area contributed by atoms with Gasteiger partial charge in [0.1, 0.15) is 11.5 Å². The van der Waals surface area contributed by atoms with E-state index in [9.17, 15) is 4.79 Å². The van der Waals surface area contributed by atoms with Crippen molar-refractivity contribution in [1.82, 2.24) is 0 Å². The van der Waals surface area contributed by atoms with Crippen molar-refractivity contribution < 1.29 is 14.3 Å². The SMILES string of the molecule is COc1cc(OC)cc(N2CCCCC2=O)c1. The number of benzene rings is 1. The standard InChI is InChI=1S/C13H17NO3/c1-16-11-7-10(8-12(9-11)17-2)14-6-4-3-5-13(14)15/h7-9H,3-6H2,1-2H3. The average molecular weight is 235 g/mol. The van der Waals surface area contributed by atoms with Crippen LogP contribution in [-0.2, 0) is 4.79 Å². The highest BCUT2D eigenvalue weighted by Gasteiger charge is 2.20. The fourth-order valence-corrected chi connectivity index (χ4v) is 2.03. The summed E-state index contributed by atoms with van der Waals surface area (Å²) in [6, 6.07) is 5.54. The number of ether oxygens (including phenoxy) is 2. The molecule has 0 aliphatic carbocycles. The normalized spacial score (nSPS) is 15.9. The summed E-state index contributed by atoms with van der Waals surface area (Å²) < 4.78 is 10.4. The van der Waals surface area contributed by atoms with Crippen molar-refractivity contribution in [3.8, 4) is 11.5 Å². The molecule has 1 saturated heterocycles. The van der Waals surface area contributed by atoms with E-state index >= 15 is 0 Å². The summed E-state index contributed by atoms with van der Waals surface area (Å²) in [5.41, 5.74) is 0.853. The number of hydrogen-bond acceptors (Lipinski definition) is 3. The molecule has 1 heterocycles. The van der Waals surface area contributed by atoms with Gasteiger partial charge in [0, 0.05) is 31.2 Å². The Bertz CT molecular complexity index is 395. The van der Waals surface area contributed by atoms with Crippen LogP contribution in [0, 0.1) is 0 Å². The second-order valence-electron chi connectivity index (χ2n) is 4.07. The van der Waals surface area contributed by atoms with E-state index in [2.05, 4.69) is 0 Å². The number of nitrogens with zero attached hydrogens (tertiary/aromatic N) is 1. The zero-order valence-electron chi connectivity index (χ0n) is 10.2. The summed E-state index contributed by atoms with van der Waals surface area (Å²) in [4.78, 5) is 13.6. The minimum atomic E-state index is 0.173. The Balaban J connectivity index is 2.32. The molecule has 0 unspecified atom stereocenters. The maximum Gasteiger partial charge on any atom is 0.226 e. The maximum atomic E-state index is 11.8. The molecule has 4 nitrogen and oxygen atoms in total. The Labute approximate surface area is 101 Å². The van der Waals surface area contributed by atoms with Crippen LogP contribution >= 0.6 is 0 Å². The Hall–Kier alpha value is -1.71. The quantitative estimate of drug-likeness (QED) is 0.806. The molecule has 0 N–H and O–H groups in total. The predicted octanol–water partition coefficient (Wildman–Crippen LogP) is 2.22. The second-order valence-corrected chi connectivity index (χ2v) is 4.07. The predicted molar refractivity (Wildman–Crippen MR) is 65.8 cm³/mol. The van der Waals surface area contributed by atoms with Crippen LogP contribution in [0.5, 0.6) is 11.5 Å². The van der Waals surface area contributed by atoms with Gasteiger partial charge < -0.3 is 14.4 Å². The molecule has 1 fully saturated rings. The first-order chi connectivity index (χ1) is 8.24. The molecule has 4 heteroatoms. The van der Waals surface area contributed by atoms with E-state index in [0.29, 0.717) is 17.9 Å². The average Bonchev–Trinajstić information content (AvgIpc) is 2.38. The topological polar surface area (TPSA) is 38.8 Å². The minimum Gasteiger partial charge on any atom is -0.497 e. The summed E-state index contributed by atoms with van der Waals surface area (Å²) in [5.74, 6) is 1.59. The summed E-state index contributed by atoms with van der Waals surface area (Å²) in [7, 11) is 3.22. The Morgan fingerprint density at radius 1 is 1.06 bits per heavy atom. The van der Waals surface area contributed by atoms with Gasteiger partial charge in [0.25, 0.3) is 0 Å². The lowest BCUT2D eigenvalue weighted by molar-refractivity contribution is -0.119. The first-order valence-corrected chi connectivity index (χ1v) is 5.78. The minimum absolute atomic E-state index is 0.173. The van der Waals surface area contributed by atoms with Crippen LogP contribution in [0.15, 0.2) is 18.2 Å². The van der Waals surface area contributed by atoms with E-state index in [4.69, 9.17) is 9.47 Å². The molecule has 1 aliphatic heterocycles. The number of amides is 1. The Morgan fingerprint density at radius 3 is 2.24 bits per heavy atom. The van der Waals surface area contributed by atoms with E-state index in [1.165, 1.54) is 0 Å². The molecule has 2 rings (SSSR count). The molecular weight excluding hydrogens is 218 g/mol. The highest BCUT2D eigenvalue weighted by Crippen LogP contribution is 2.30. The maximum absolute atomic E-state index is 11.8. The fraction of sp³-hybridized carbons (Fsp3) is 0.462. The van der Waals surface area contributed by atoms with Gasteiger partial charge in [-0.05, 0) is 12.8 Å². The molecule has 1 aromatic carbocycles. The van der Waals surface area contributed by atoms with Crippen molar-refractivity contribution in [3.63, 3.8) is 0 Å². The molecule has 0 saturated carbocycles. The molecule has 0 bridgehead atoms. The van der Waals surface area contributed by atoms with Gasteiger partial charge in [0.2, 0.25) is 5.91 Å². The van der Waals surface area contributed by atoms with Gasteiger partial charge in [-0.15, -0.1) is 0 Å². The number of rotatable bonds is 3. The van der Waals surface area contributed by atoms with Gasteiger partial charge in [-0.3, -0.25) is 4.79 Å². The fourth-order valence-electron chi connectivity index (χ4n) is 2.03. The molecule has 1 amide bonds. The van der Waals surface area contributed by atoms with Crippen LogP contribution in [-0.4, -0.2) is 26.7 Å². The zero-order valence-corrected chi connectivity index (χ0v) is 10.2. The van der Waals surface area contributed by atoms with Gasteiger partial charge >= 0.3 is 0 Å². The highest BCUT2D eigenvalue weighted by atomic mass is 16.5. The second kappa shape index (κ2) is 5.08. The summed E-state index contributed by atoms with van der Waals surface area (Å²) >= 11 is 0. The van der Waals surface area contributed by atoms with E-state index < -0.39 is 0 Å². The molecule has 1 aromatic rings. The van der Waals surface area contributed by atoms with Crippen LogP contribution in [0.25, 0.3) is 0 Å². The third kappa shape index (κ3) is 2.52. The van der Waals surface area contributed by atoms with Crippen molar-refractivity contribution >= 4 is 11.6 Å². The molecule has 0 spiro atoms. The van der Waals surface area contributed by atoms with Crippen LogP contribution < -0.4 is 14.4 Å². The summed E-state index contributed by atoms with van der Waals surface area (Å²) in [6.07, 6.45) is 2.65. The molecule has 0 radical (unpaired) electrons. The van der Waals surface area contributed by atoms with Crippen molar-refractivity contribution in [2.45, 2.75) is 19.3 Å². The van der Waals surface area contributed by atoms with Gasteiger partial charge in [-0.25, -0.2) is 0 Å². The number of methoxy groups -OCH3 is 2. The van der Waals surface area contributed by atoms with Gasteiger partial charge in [0.15, 0.2) is 0 Å². The van der Waals surface area contributed by atoms with Crippen LogP contribution in [0.2, 0.25) is 0 Å². The third-order valence-corrected chi connectivity index (χ3v) is 2.97. The number of carbonyl (C=O) groups excluding carboxylic acids is 1. The van der Waals surface area contributed by atoms with E-state index in [-0.39, 0.29) is 5.91 Å². The molecule has 1 aliphatic rings. The number of carbonyl (C=O) groups is 1. The Morgan fingerprint density at radius 2 is 1.71 bits per heavy atom. The zero-order chi connectivity index (χ0) is 12.3. The van der Waals surface area contributed by atoms with Crippen molar-refractivity contribution in [2.75, 3.05) is 25.7 Å². The molecule has 92 valence electrons. The lowest BCUT2D eigenvalue weighted by Crippen LogP contribution is -2.35. The largest absolute Gasteiger partial charge is 0.497 e. The van der Waals surface area contributed by atoms with E-state index in [1.54, 1.807) is 25.2 Å². The molecule has 0 atom stereocenters. The van der Waals surface area contributed by atoms with Crippen LogP contribution in [0.4, 0.5) is 5.69 Å².